The molecule has 0 saturated heterocycles. The van der Waals surface area contributed by atoms with Gasteiger partial charge in [-0.1, -0.05) is 119 Å². The van der Waals surface area contributed by atoms with E-state index >= 15 is 0 Å². The molecule has 0 aliphatic heterocycles. The van der Waals surface area contributed by atoms with Gasteiger partial charge in [-0.15, -0.1) is 25.5 Å². The third-order valence-corrected chi connectivity index (χ3v) is 4.01. The molecule has 0 radical (unpaired) electrons. The molecule has 0 atom stereocenters. The monoisotopic (exact) mass is 505 g/mol. The molecule has 0 spiro atoms. The van der Waals surface area contributed by atoms with Crippen LogP contribution in [0.1, 0.15) is 85.9 Å². The molecule has 0 aliphatic rings. The van der Waals surface area contributed by atoms with E-state index in [-0.39, 0.29) is 0 Å². The lowest BCUT2D eigenvalue weighted by molar-refractivity contribution is 0.469. The first-order valence-electron chi connectivity index (χ1n) is 13.0. The van der Waals surface area contributed by atoms with Crippen LogP contribution in [0.5, 0.6) is 0 Å². The number of hydrogen-bond donors (Lipinski definition) is 1. The Bertz CT molecular complexity index is 834. The van der Waals surface area contributed by atoms with Gasteiger partial charge in [0.25, 0.3) is 0 Å². The van der Waals surface area contributed by atoms with Gasteiger partial charge in [-0.2, -0.15) is 0 Å². The largest absolute Gasteiger partial charge is 0.315 e. The van der Waals surface area contributed by atoms with E-state index in [1.54, 1.807) is 6.08 Å². The van der Waals surface area contributed by atoms with Gasteiger partial charge in [0.1, 0.15) is 0 Å². The quantitative estimate of drug-likeness (QED) is 0.248. The summed E-state index contributed by atoms with van der Waals surface area (Å²) in [7, 11) is 1.96. The van der Waals surface area contributed by atoms with Crippen molar-refractivity contribution in [2.75, 3.05) is 7.05 Å². The maximum Gasteiger partial charge on any atom is 0.00935 e. The first-order valence-corrected chi connectivity index (χ1v) is 13.0. The van der Waals surface area contributed by atoms with Gasteiger partial charge in [-0.3, -0.25) is 0 Å². The number of nitrogens with one attached hydrogen (secondary N) is 1. The first-order chi connectivity index (χ1) is 17.5. The second kappa shape index (κ2) is 30.9. The van der Waals surface area contributed by atoms with E-state index in [9.17, 15) is 0 Å². The fraction of sp³-hybridized carbons (Fsp3) is 0.361. The lowest BCUT2D eigenvalue weighted by Gasteiger charge is -2.15. The molecule has 1 N–H and O–H groups in total. The van der Waals surface area contributed by atoms with Gasteiger partial charge in [0.2, 0.25) is 0 Å². The molecule has 0 bridgehead atoms. The predicted molar refractivity (Wildman–Crippen MR) is 178 cm³/mol. The lowest BCUT2D eigenvalue weighted by atomic mass is 9.90. The molecular weight excluding hydrogens is 446 g/mol. The molecule has 0 saturated carbocycles. The fourth-order valence-electron chi connectivity index (χ4n) is 2.27. The third kappa shape index (κ3) is 27.3. The summed E-state index contributed by atoms with van der Waals surface area (Å²) < 4.78 is 0. The van der Waals surface area contributed by atoms with Crippen molar-refractivity contribution in [3.8, 4) is 0 Å². The van der Waals surface area contributed by atoms with Crippen LogP contribution in [0.15, 0.2) is 111 Å². The zero-order valence-electron chi connectivity index (χ0n) is 26.5. The summed E-state index contributed by atoms with van der Waals surface area (Å²) in [4.78, 5) is 0. The zero-order valence-corrected chi connectivity index (χ0v) is 26.5. The molecule has 0 heterocycles. The number of benzene rings is 2. The van der Waals surface area contributed by atoms with Gasteiger partial charge in [-0.25, -0.2) is 0 Å². The van der Waals surface area contributed by atoms with Crippen LogP contribution in [-0.2, 0) is 0 Å². The van der Waals surface area contributed by atoms with Crippen LogP contribution < -0.4 is 5.32 Å². The van der Waals surface area contributed by atoms with Crippen LogP contribution in [0.25, 0.3) is 11.1 Å². The lowest BCUT2D eigenvalue weighted by Crippen LogP contribution is -2.31. The molecule has 2 aromatic carbocycles. The molecule has 2 rings (SSSR count). The zero-order chi connectivity index (χ0) is 30.4. The average Bonchev–Trinajstić information content (AvgIpc) is 2.90. The van der Waals surface area contributed by atoms with Gasteiger partial charge in [0, 0.05) is 5.54 Å². The minimum atomic E-state index is 0.292. The van der Waals surface area contributed by atoms with E-state index in [0.29, 0.717) is 5.54 Å². The highest BCUT2D eigenvalue weighted by Crippen LogP contribution is 2.32. The topological polar surface area (TPSA) is 12.0 Å². The Kier molecular flexibility index (Phi) is 36.7. The van der Waals surface area contributed by atoms with Crippen molar-refractivity contribution in [3.05, 3.63) is 128 Å². The minimum Gasteiger partial charge on any atom is -0.315 e. The Labute approximate surface area is 233 Å². The van der Waals surface area contributed by atoms with Gasteiger partial charge < -0.3 is 5.32 Å². The summed E-state index contributed by atoms with van der Waals surface area (Å²) in [6.07, 6.45) is 1.75. The van der Waals surface area contributed by atoms with Crippen LogP contribution in [0.4, 0.5) is 0 Å². The van der Waals surface area contributed by atoms with E-state index in [4.69, 9.17) is 0 Å². The van der Waals surface area contributed by atoms with E-state index in [0.717, 1.165) is 5.57 Å². The van der Waals surface area contributed by atoms with E-state index in [1.165, 1.54) is 27.8 Å². The summed E-state index contributed by atoms with van der Waals surface area (Å²) in [6, 6.07) is 19.0. The summed E-state index contributed by atoms with van der Waals surface area (Å²) in [5.74, 6) is 0. The smallest absolute Gasteiger partial charge is 0.00935 e. The molecule has 0 aliphatic carbocycles. The molecule has 0 amide bonds. The van der Waals surface area contributed by atoms with E-state index < -0.39 is 0 Å². The summed E-state index contributed by atoms with van der Waals surface area (Å²) in [5, 5.41) is 3.10. The Morgan fingerprint density at radius 3 is 1.41 bits per heavy atom. The van der Waals surface area contributed by atoms with Gasteiger partial charge in [-0.05, 0) is 77.8 Å². The molecule has 0 unspecified atom stereocenters. The normalized spacial score (nSPS) is 8.11. The molecule has 0 fully saturated rings. The van der Waals surface area contributed by atoms with Gasteiger partial charge >= 0.3 is 0 Å². The Morgan fingerprint density at radius 2 is 1.14 bits per heavy atom. The maximum absolute atomic E-state index is 4.29. The molecule has 208 valence electrons. The number of allylic oxidation sites excluding steroid dienone is 4. The Morgan fingerprint density at radius 1 is 0.811 bits per heavy atom. The van der Waals surface area contributed by atoms with Crippen molar-refractivity contribution >= 4 is 11.1 Å². The number of rotatable bonds is 3. The summed E-state index contributed by atoms with van der Waals surface area (Å²) >= 11 is 0. The molecule has 0 aromatic heterocycles. The van der Waals surface area contributed by atoms with Gasteiger partial charge in [0.15, 0.2) is 0 Å². The highest BCUT2D eigenvalue weighted by molar-refractivity contribution is 6.04. The van der Waals surface area contributed by atoms with Crippen molar-refractivity contribution in [1.82, 2.24) is 5.32 Å². The van der Waals surface area contributed by atoms with Crippen molar-refractivity contribution in [3.63, 3.8) is 0 Å². The standard InChI is InChI=1S/C19H20.C5H13N.C3H6.C3H4.2C2H6.C2H4/c1-14(2)19(18-12-10-15(3)11-13-18)16(4)17-8-6-5-7-9-17;1-5(2,3)6-4;2*1-3-2;3*1-2/h5-13H,4H2,1-3H3;6H,1-4H3;3H,1H2,2H3;1-2H2;2*1-2H3;1-2H2. The third-order valence-electron chi connectivity index (χ3n) is 4.01. The van der Waals surface area contributed by atoms with Crippen LogP contribution >= 0.6 is 0 Å². The Balaban J connectivity index is -0.000000157. The fourth-order valence-corrected chi connectivity index (χ4v) is 2.27. The van der Waals surface area contributed by atoms with Crippen LogP contribution in [0.3, 0.4) is 0 Å². The summed E-state index contributed by atoms with van der Waals surface area (Å²) in [6.45, 7) is 42.6. The highest BCUT2D eigenvalue weighted by Gasteiger charge is 2.09. The molecule has 2 aromatic rings. The van der Waals surface area contributed by atoms with E-state index in [1.807, 2.05) is 47.7 Å². The van der Waals surface area contributed by atoms with Crippen molar-refractivity contribution in [2.24, 2.45) is 0 Å². The summed E-state index contributed by atoms with van der Waals surface area (Å²) in [5.41, 5.74) is 9.86. The van der Waals surface area contributed by atoms with Crippen LogP contribution in [-0.4, -0.2) is 12.6 Å². The second-order valence-corrected chi connectivity index (χ2v) is 8.24. The van der Waals surface area contributed by atoms with Gasteiger partial charge in [0.05, 0.1) is 0 Å². The number of hydrogen-bond acceptors (Lipinski definition) is 1. The minimum absolute atomic E-state index is 0.292. The van der Waals surface area contributed by atoms with Crippen molar-refractivity contribution in [2.45, 2.75) is 81.7 Å². The Hall–Kier alpha value is -3.12. The highest BCUT2D eigenvalue weighted by atomic mass is 14.9. The molecule has 37 heavy (non-hydrogen) atoms. The van der Waals surface area contributed by atoms with E-state index in [2.05, 4.69) is 141 Å². The molecule has 1 nitrogen and oxygen atoms in total. The SMILES string of the molecule is C=C.C=C(C(=C(C)C)c1ccc(C)cc1)c1ccccc1.C=C=C.C=CC.CC.CC.CNC(C)(C)C. The average molecular weight is 506 g/mol. The second-order valence-electron chi connectivity index (χ2n) is 8.24. The van der Waals surface area contributed by atoms with Crippen LogP contribution in [0, 0.1) is 6.92 Å². The first kappa shape index (κ1) is 43.9. The van der Waals surface area contributed by atoms with Crippen molar-refractivity contribution < 1.29 is 0 Å². The van der Waals surface area contributed by atoms with Crippen LogP contribution in [0.2, 0.25) is 0 Å². The molecule has 1 heteroatoms. The molecular formula is C36H59N. The van der Waals surface area contributed by atoms with Crippen molar-refractivity contribution in [1.29, 1.82) is 0 Å². The maximum atomic E-state index is 4.29. The number of aryl methyl sites for hydroxylation is 1. The predicted octanol–water partition coefficient (Wildman–Crippen LogP) is 11.5.